The Kier molecular flexibility index (Phi) is 4.24. The van der Waals surface area contributed by atoms with E-state index in [9.17, 15) is 4.39 Å². The zero-order valence-corrected chi connectivity index (χ0v) is 14.9. The van der Waals surface area contributed by atoms with Gasteiger partial charge in [0, 0.05) is 30.7 Å². The van der Waals surface area contributed by atoms with E-state index in [-0.39, 0.29) is 5.82 Å². The van der Waals surface area contributed by atoms with Crippen LogP contribution in [0.3, 0.4) is 0 Å². The van der Waals surface area contributed by atoms with Crippen LogP contribution in [-0.4, -0.2) is 24.1 Å². The Bertz CT molecular complexity index is 1060. The second-order valence-corrected chi connectivity index (χ2v) is 6.38. The number of benzene rings is 1. The normalized spacial score (nSPS) is 11.3. The maximum Gasteiger partial charge on any atom is 0.140 e. The molecule has 0 radical (unpaired) electrons. The minimum absolute atomic E-state index is 0.260. The SMILES string of the molecule is CCCn1c(Cn2ccnc2-c2cc(F)ccc2C)nc2cnccc21. The van der Waals surface area contributed by atoms with E-state index < -0.39 is 0 Å². The fourth-order valence-corrected chi connectivity index (χ4v) is 3.29. The number of aromatic nitrogens is 5. The molecule has 0 saturated carbocycles. The Morgan fingerprint density at radius 2 is 2.04 bits per heavy atom. The molecule has 0 amide bonds. The maximum atomic E-state index is 13.7. The Morgan fingerprint density at radius 1 is 1.15 bits per heavy atom. The standard InChI is InChI=1S/C20H20FN5/c1-3-9-26-18-6-7-22-12-17(18)24-19(26)13-25-10-8-23-20(25)16-11-15(21)5-4-14(16)2/h4-8,10-12H,3,9,13H2,1-2H3. The first kappa shape index (κ1) is 16.4. The number of fused-ring (bicyclic) bond motifs is 1. The third-order valence-corrected chi connectivity index (χ3v) is 4.54. The molecular formula is C20H20FN5. The van der Waals surface area contributed by atoms with Gasteiger partial charge >= 0.3 is 0 Å². The molecule has 4 rings (SSSR count). The van der Waals surface area contributed by atoms with Gasteiger partial charge in [0.25, 0.3) is 0 Å². The lowest BCUT2D eigenvalue weighted by molar-refractivity contribution is 0.623. The minimum Gasteiger partial charge on any atom is -0.326 e. The van der Waals surface area contributed by atoms with Gasteiger partial charge in [-0.3, -0.25) is 4.98 Å². The van der Waals surface area contributed by atoms with Crippen LogP contribution in [-0.2, 0) is 13.1 Å². The van der Waals surface area contributed by atoms with Crippen molar-refractivity contribution in [3.05, 3.63) is 66.3 Å². The molecule has 4 aromatic rings. The van der Waals surface area contributed by atoms with Gasteiger partial charge in [0.15, 0.2) is 0 Å². The fourth-order valence-electron chi connectivity index (χ4n) is 3.29. The van der Waals surface area contributed by atoms with Gasteiger partial charge in [-0.1, -0.05) is 13.0 Å². The summed E-state index contributed by atoms with van der Waals surface area (Å²) in [6.07, 6.45) is 8.25. The van der Waals surface area contributed by atoms with Crippen molar-refractivity contribution in [2.75, 3.05) is 0 Å². The first-order valence-corrected chi connectivity index (χ1v) is 8.74. The number of rotatable bonds is 5. The summed E-state index contributed by atoms with van der Waals surface area (Å²) in [5, 5.41) is 0. The Labute approximate surface area is 151 Å². The lowest BCUT2D eigenvalue weighted by atomic mass is 10.1. The van der Waals surface area contributed by atoms with Crippen molar-refractivity contribution in [1.29, 1.82) is 0 Å². The van der Waals surface area contributed by atoms with E-state index in [1.807, 2.05) is 23.8 Å². The lowest BCUT2D eigenvalue weighted by Crippen LogP contribution is -2.09. The van der Waals surface area contributed by atoms with Crippen LogP contribution < -0.4 is 0 Å². The minimum atomic E-state index is -0.260. The van der Waals surface area contributed by atoms with E-state index in [2.05, 4.69) is 21.5 Å². The van der Waals surface area contributed by atoms with Crippen molar-refractivity contribution in [2.24, 2.45) is 0 Å². The van der Waals surface area contributed by atoms with Crippen LogP contribution in [0.25, 0.3) is 22.4 Å². The average molecular weight is 349 g/mol. The van der Waals surface area contributed by atoms with Crippen molar-refractivity contribution in [3.8, 4) is 11.4 Å². The van der Waals surface area contributed by atoms with Crippen LogP contribution in [0.5, 0.6) is 0 Å². The first-order valence-electron chi connectivity index (χ1n) is 8.74. The highest BCUT2D eigenvalue weighted by molar-refractivity contribution is 5.74. The highest BCUT2D eigenvalue weighted by Crippen LogP contribution is 2.24. The molecule has 3 heterocycles. The summed E-state index contributed by atoms with van der Waals surface area (Å²) in [6, 6.07) is 6.78. The van der Waals surface area contributed by atoms with E-state index in [4.69, 9.17) is 4.98 Å². The zero-order chi connectivity index (χ0) is 18.1. The second-order valence-electron chi connectivity index (χ2n) is 6.38. The molecule has 0 aliphatic rings. The summed E-state index contributed by atoms with van der Waals surface area (Å²) in [4.78, 5) is 13.4. The highest BCUT2D eigenvalue weighted by Gasteiger charge is 2.15. The van der Waals surface area contributed by atoms with Gasteiger partial charge in [0.05, 0.1) is 18.3 Å². The first-order chi connectivity index (χ1) is 12.7. The molecule has 0 spiro atoms. The van der Waals surface area contributed by atoms with E-state index in [1.54, 1.807) is 24.7 Å². The van der Waals surface area contributed by atoms with Gasteiger partial charge in [-0.2, -0.15) is 0 Å². The lowest BCUT2D eigenvalue weighted by Gasteiger charge is -2.12. The van der Waals surface area contributed by atoms with Crippen molar-refractivity contribution >= 4 is 11.0 Å². The number of aryl methyl sites for hydroxylation is 2. The van der Waals surface area contributed by atoms with Crippen LogP contribution in [0, 0.1) is 12.7 Å². The van der Waals surface area contributed by atoms with Crippen LogP contribution in [0.2, 0.25) is 0 Å². The predicted molar refractivity (Wildman–Crippen MR) is 99.3 cm³/mol. The number of halogens is 1. The van der Waals surface area contributed by atoms with Gasteiger partial charge in [0.2, 0.25) is 0 Å². The molecule has 3 aromatic heterocycles. The molecule has 0 unspecified atom stereocenters. The summed E-state index contributed by atoms with van der Waals surface area (Å²) in [5.41, 5.74) is 3.76. The number of pyridine rings is 1. The molecule has 0 aliphatic heterocycles. The zero-order valence-electron chi connectivity index (χ0n) is 14.9. The monoisotopic (exact) mass is 349 g/mol. The molecule has 5 nitrogen and oxygen atoms in total. The largest absolute Gasteiger partial charge is 0.326 e. The van der Waals surface area contributed by atoms with Crippen LogP contribution in [0.4, 0.5) is 4.39 Å². The maximum absolute atomic E-state index is 13.7. The topological polar surface area (TPSA) is 48.5 Å². The van der Waals surface area contributed by atoms with Crippen LogP contribution in [0.15, 0.2) is 49.1 Å². The van der Waals surface area contributed by atoms with E-state index in [0.29, 0.717) is 6.54 Å². The van der Waals surface area contributed by atoms with E-state index >= 15 is 0 Å². The third-order valence-electron chi connectivity index (χ3n) is 4.54. The molecule has 132 valence electrons. The third kappa shape index (κ3) is 2.87. The smallest absolute Gasteiger partial charge is 0.140 e. The number of imidazole rings is 2. The average Bonchev–Trinajstić information content (AvgIpc) is 3.23. The Balaban J connectivity index is 1.78. The van der Waals surface area contributed by atoms with Gasteiger partial charge in [-0.15, -0.1) is 0 Å². The quantitative estimate of drug-likeness (QED) is 0.542. The van der Waals surface area contributed by atoms with Gasteiger partial charge in [-0.05, 0) is 37.1 Å². The summed E-state index contributed by atoms with van der Waals surface area (Å²) in [7, 11) is 0. The number of nitrogens with zero attached hydrogens (tertiary/aromatic N) is 5. The number of hydrogen-bond donors (Lipinski definition) is 0. The summed E-state index contributed by atoms with van der Waals surface area (Å²) in [6.45, 7) is 5.57. The van der Waals surface area contributed by atoms with E-state index in [0.717, 1.165) is 46.8 Å². The van der Waals surface area contributed by atoms with Crippen molar-refractivity contribution in [3.63, 3.8) is 0 Å². The molecule has 0 saturated heterocycles. The predicted octanol–water partition coefficient (Wildman–Crippen LogP) is 4.20. The molecular weight excluding hydrogens is 329 g/mol. The molecule has 0 bridgehead atoms. The van der Waals surface area contributed by atoms with E-state index in [1.165, 1.54) is 12.1 Å². The fraction of sp³-hybridized carbons (Fsp3) is 0.250. The van der Waals surface area contributed by atoms with Gasteiger partial charge in [-0.25, -0.2) is 14.4 Å². The van der Waals surface area contributed by atoms with Gasteiger partial charge in [0.1, 0.15) is 23.0 Å². The van der Waals surface area contributed by atoms with Crippen molar-refractivity contribution in [2.45, 2.75) is 33.4 Å². The molecule has 0 fully saturated rings. The van der Waals surface area contributed by atoms with Crippen molar-refractivity contribution < 1.29 is 4.39 Å². The summed E-state index contributed by atoms with van der Waals surface area (Å²) >= 11 is 0. The number of hydrogen-bond acceptors (Lipinski definition) is 3. The second kappa shape index (κ2) is 6.71. The molecule has 1 aromatic carbocycles. The molecule has 0 N–H and O–H groups in total. The Hall–Kier alpha value is -3.02. The summed E-state index contributed by atoms with van der Waals surface area (Å²) in [5.74, 6) is 1.43. The Morgan fingerprint density at radius 3 is 2.88 bits per heavy atom. The van der Waals surface area contributed by atoms with Crippen molar-refractivity contribution in [1.82, 2.24) is 24.1 Å². The van der Waals surface area contributed by atoms with Gasteiger partial charge < -0.3 is 9.13 Å². The van der Waals surface area contributed by atoms with Crippen LogP contribution in [0.1, 0.15) is 24.7 Å². The molecule has 26 heavy (non-hydrogen) atoms. The molecule has 0 aliphatic carbocycles. The molecule has 6 heteroatoms. The van der Waals surface area contributed by atoms with Crippen LogP contribution >= 0.6 is 0 Å². The summed E-state index contributed by atoms with van der Waals surface area (Å²) < 4.78 is 18.0. The molecule has 0 atom stereocenters. The highest BCUT2D eigenvalue weighted by atomic mass is 19.1.